The fraction of sp³-hybridized carbons (Fsp3) is 0.154. The number of para-hydroxylation sites is 1. The molecule has 0 saturated carbocycles. The molecular formula is C13H13ClN2O2S. The lowest BCUT2D eigenvalue weighted by molar-refractivity contribution is 0.586. The van der Waals surface area contributed by atoms with Crippen LogP contribution >= 0.6 is 11.6 Å². The predicted octanol–water partition coefficient (Wildman–Crippen LogP) is 2.57. The van der Waals surface area contributed by atoms with Crippen LogP contribution in [0.15, 0.2) is 47.0 Å². The summed E-state index contributed by atoms with van der Waals surface area (Å²) in [4.78, 5) is 4.34. The molecule has 1 aromatic carbocycles. The lowest BCUT2D eigenvalue weighted by atomic mass is 10.2. The molecule has 100 valence electrons. The average molecular weight is 297 g/mol. The van der Waals surface area contributed by atoms with Crippen molar-refractivity contribution in [3.05, 3.63) is 47.6 Å². The van der Waals surface area contributed by atoms with Crippen LogP contribution in [-0.2, 0) is 10.0 Å². The average Bonchev–Trinajstić information content (AvgIpc) is 2.35. The van der Waals surface area contributed by atoms with Crippen molar-refractivity contribution < 1.29 is 8.42 Å². The summed E-state index contributed by atoms with van der Waals surface area (Å²) in [6.45, 7) is 5.35. The van der Waals surface area contributed by atoms with E-state index in [0.717, 1.165) is 10.9 Å². The summed E-state index contributed by atoms with van der Waals surface area (Å²) in [7, 11) is -3.65. The van der Waals surface area contributed by atoms with E-state index in [2.05, 4.69) is 16.3 Å². The largest absolute Gasteiger partial charge is 0.255 e. The van der Waals surface area contributed by atoms with Crippen LogP contribution in [0.5, 0.6) is 0 Å². The summed E-state index contributed by atoms with van der Waals surface area (Å²) in [5.41, 5.74) is 1.42. The van der Waals surface area contributed by atoms with E-state index in [0.29, 0.717) is 5.52 Å². The molecule has 0 aliphatic rings. The van der Waals surface area contributed by atoms with E-state index in [9.17, 15) is 8.42 Å². The van der Waals surface area contributed by atoms with Gasteiger partial charge in [-0.05, 0) is 24.6 Å². The maximum absolute atomic E-state index is 12.2. The van der Waals surface area contributed by atoms with Crippen LogP contribution < -0.4 is 4.72 Å². The van der Waals surface area contributed by atoms with Crippen molar-refractivity contribution >= 4 is 32.5 Å². The van der Waals surface area contributed by atoms with Gasteiger partial charge in [-0.15, -0.1) is 0 Å². The van der Waals surface area contributed by atoms with Gasteiger partial charge in [0.2, 0.25) is 10.0 Å². The van der Waals surface area contributed by atoms with Gasteiger partial charge in [0.1, 0.15) is 4.90 Å². The number of sulfonamides is 1. The van der Waals surface area contributed by atoms with Gasteiger partial charge < -0.3 is 0 Å². The Morgan fingerprint density at radius 3 is 2.89 bits per heavy atom. The monoisotopic (exact) mass is 296 g/mol. The molecule has 4 nitrogen and oxygen atoms in total. The zero-order valence-electron chi connectivity index (χ0n) is 10.4. The lowest BCUT2D eigenvalue weighted by Gasteiger charge is -2.08. The van der Waals surface area contributed by atoms with Crippen molar-refractivity contribution in [3.63, 3.8) is 0 Å². The number of fused-ring (bicyclic) bond motifs is 1. The number of rotatable bonds is 4. The van der Waals surface area contributed by atoms with Crippen molar-refractivity contribution in [1.29, 1.82) is 0 Å². The molecule has 0 amide bonds. The Morgan fingerprint density at radius 2 is 2.21 bits per heavy atom. The fourth-order valence-electron chi connectivity index (χ4n) is 1.71. The van der Waals surface area contributed by atoms with Crippen molar-refractivity contribution in [2.45, 2.75) is 11.8 Å². The van der Waals surface area contributed by atoms with E-state index in [-0.39, 0.29) is 16.5 Å². The highest BCUT2D eigenvalue weighted by molar-refractivity contribution is 7.89. The smallest absolute Gasteiger partial charge is 0.243 e. The second-order valence-corrected chi connectivity index (χ2v) is 6.45. The Labute approximate surface area is 117 Å². The standard InChI is InChI=1S/C13H13ClN2O2S/c1-9-6-11-4-3-5-12(13(11)15-7-9)19(17,18)16-8-10(2)14/h3-7,16H,2,8H2,1H3. The van der Waals surface area contributed by atoms with Gasteiger partial charge >= 0.3 is 0 Å². The van der Waals surface area contributed by atoms with E-state index in [1.807, 2.05) is 19.1 Å². The van der Waals surface area contributed by atoms with Gasteiger partial charge in [-0.2, -0.15) is 0 Å². The maximum Gasteiger partial charge on any atom is 0.243 e. The molecule has 19 heavy (non-hydrogen) atoms. The number of nitrogens with one attached hydrogen (secondary N) is 1. The molecule has 0 spiro atoms. The van der Waals surface area contributed by atoms with E-state index in [4.69, 9.17) is 11.6 Å². The Hall–Kier alpha value is -1.43. The summed E-state index contributed by atoms with van der Waals surface area (Å²) in [5.74, 6) is 0. The van der Waals surface area contributed by atoms with E-state index < -0.39 is 10.0 Å². The first-order valence-corrected chi connectivity index (χ1v) is 7.44. The first kappa shape index (κ1) is 14.0. The highest BCUT2D eigenvalue weighted by Crippen LogP contribution is 2.21. The Morgan fingerprint density at radius 1 is 1.47 bits per heavy atom. The Balaban J connectivity index is 2.53. The van der Waals surface area contributed by atoms with Gasteiger partial charge in [-0.1, -0.05) is 30.3 Å². The first-order chi connectivity index (χ1) is 8.90. The van der Waals surface area contributed by atoms with Gasteiger partial charge in [-0.3, -0.25) is 4.98 Å². The van der Waals surface area contributed by atoms with Gasteiger partial charge in [0.05, 0.1) is 5.52 Å². The minimum Gasteiger partial charge on any atom is -0.255 e. The molecule has 2 aromatic rings. The van der Waals surface area contributed by atoms with Crippen LogP contribution in [0.25, 0.3) is 10.9 Å². The van der Waals surface area contributed by atoms with Crippen molar-refractivity contribution in [1.82, 2.24) is 9.71 Å². The Kier molecular flexibility index (Phi) is 3.89. The predicted molar refractivity (Wildman–Crippen MR) is 76.7 cm³/mol. The van der Waals surface area contributed by atoms with Crippen LogP contribution in [0.4, 0.5) is 0 Å². The summed E-state index contributed by atoms with van der Waals surface area (Å²) >= 11 is 5.57. The number of aryl methyl sites for hydroxylation is 1. The summed E-state index contributed by atoms with van der Waals surface area (Å²) < 4.78 is 26.8. The fourth-order valence-corrected chi connectivity index (χ4v) is 3.06. The molecule has 6 heteroatoms. The third-order valence-electron chi connectivity index (χ3n) is 2.55. The third-order valence-corrected chi connectivity index (χ3v) is 4.12. The quantitative estimate of drug-likeness (QED) is 0.943. The van der Waals surface area contributed by atoms with Crippen molar-refractivity contribution in [2.75, 3.05) is 6.54 Å². The minimum atomic E-state index is -3.65. The van der Waals surface area contributed by atoms with Crippen LogP contribution in [0.2, 0.25) is 0 Å². The SMILES string of the molecule is C=C(Cl)CNS(=O)(=O)c1cccc2cc(C)cnc12. The number of halogens is 1. The summed E-state index contributed by atoms with van der Waals surface area (Å²) in [6.07, 6.45) is 1.64. The minimum absolute atomic E-state index is 0.00780. The van der Waals surface area contributed by atoms with Crippen LogP contribution in [0, 0.1) is 6.92 Å². The van der Waals surface area contributed by atoms with E-state index >= 15 is 0 Å². The van der Waals surface area contributed by atoms with Crippen LogP contribution in [0.3, 0.4) is 0 Å². The van der Waals surface area contributed by atoms with Crippen molar-refractivity contribution in [2.24, 2.45) is 0 Å². The second-order valence-electron chi connectivity index (χ2n) is 4.18. The maximum atomic E-state index is 12.2. The number of nitrogens with zero attached hydrogens (tertiary/aromatic N) is 1. The third kappa shape index (κ3) is 3.12. The molecule has 1 aromatic heterocycles. The van der Waals surface area contributed by atoms with Gasteiger partial charge in [0.15, 0.2) is 0 Å². The molecule has 0 fully saturated rings. The molecular weight excluding hydrogens is 284 g/mol. The molecule has 0 radical (unpaired) electrons. The lowest BCUT2D eigenvalue weighted by Crippen LogP contribution is -2.25. The van der Waals surface area contributed by atoms with Crippen molar-refractivity contribution in [3.8, 4) is 0 Å². The molecule has 1 heterocycles. The highest BCUT2D eigenvalue weighted by atomic mass is 35.5. The normalized spacial score (nSPS) is 11.7. The molecule has 0 unspecified atom stereocenters. The second kappa shape index (κ2) is 5.28. The summed E-state index contributed by atoms with van der Waals surface area (Å²) in [6, 6.07) is 6.92. The zero-order valence-corrected chi connectivity index (χ0v) is 11.9. The van der Waals surface area contributed by atoms with Crippen LogP contribution in [-0.4, -0.2) is 19.9 Å². The number of hydrogen-bond acceptors (Lipinski definition) is 3. The number of pyridine rings is 1. The molecule has 0 aliphatic carbocycles. The zero-order chi connectivity index (χ0) is 14.0. The molecule has 0 saturated heterocycles. The number of hydrogen-bond donors (Lipinski definition) is 1. The van der Waals surface area contributed by atoms with Gasteiger partial charge in [-0.25, -0.2) is 13.1 Å². The molecule has 2 rings (SSSR count). The van der Waals surface area contributed by atoms with E-state index in [1.54, 1.807) is 12.3 Å². The summed E-state index contributed by atoms with van der Waals surface area (Å²) in [5, 5.41) is 1.01. The first-order valence-electron chi connectivity index (χ1n) is 5.58. The molecule has 1 N–H and O–H groups in total. The van der Waals surface area contributed by atoms with Crippen LogP contribution in [0.1, 0.15) is 5.56 Å². The number of aromatic nitrogens is 1. The van der Waals surface area contributed by atoms with E-state index in [1.165, 1.54) is 6.07 Å². The topological polar surface area (TPSA) is 59.1 Å². The molecule has 0 atom stereocenters. The molecule has 0 bridgehead atoms. The number of benzene rings is 1. The Bertz CT molecular complexity index is 741. The van der Waals surface area contributed by atoms with Gasteiger partial charge in [0.25, 0.3) is 0 Å². The molecule has 0 aliphatic heterocycles. The van der Waals surface area contributed by atoms with Gasteiger partial charge in [0, 0.05) is 23.2 Å². The highest BCUT2D eigenvalue weighted by Gasteiger charge is 2.17.